The fourth-order valence-corrected chi connectivity index (χ4v) is 10.3. The van der Waals surface area contributed by atoms with Gasteiger partial charge in [0.05, 0.1) is 39.3 Å². The zero-order chi connectivity index (χ0) is 44.5. The zero-order valence-electron chi connectivity index (χ0n) is 37.7. The standard InChI is InChI=1S/C62H48N4/c1-39-23-28-48(66-58-22-14-12-20-51(58)54-37-46(27-34-60(54)66)44-17-9-6-10-18-44)38-52(39)56-32-25-41(3)62(64-56)61-40(2)24-31-55(63-61)49-30-29-47(35-42(49)4)65-57-21-13-11-19-50(57)53-36-45(26-33-59(53)65)43-15-7-5-8-16-43/h5-12,14-20,22-38H,13,21H2,1-4H3. The first-order chi connectivity index (χ1) is 32.4. The van der Waals surface area contributed by atoms with Crippen LogP contribution in [0.1, 0.15) is 39.9 Å². The molecule has 4 aromatic heterocycles. The maximum Gasteiger partial charge on any atom is 0.0925 e. The third kappa shape index (κ3) is 6.60. The van der Waals surface area contributed by atoms with Crippen LogP contribution in [-0.2, 0) is 6.42 Å². The SMILES string of the molecule is Cc1cc(-n2c3c(c4cc(-c5ccccc5)ccc42)C=CCC3)ccc1-c1ccc(C)c(-c2nc(-c3cc(-n4c5ccccc5c5cc(-c6ccccc6)ccc54)ccc3C)ccc2C)n1. The summed E-state index contributed by atoms with van der Waals surface area (Å²) >= 11 is 0. The van der Waals surface area contributed by atoms with Gasteiger partial charge in [-0.25, -0.2) is 9.97 Å². The molecule has 0 bridgehead atoms. The molecule has 0 amide bonds. The number of hydrogen-bond acceptors (Lipinski definition) is 2. The van der Waals surface area contributed by atoms with E-state index in [1.165, 1.54) is 83.0 Å². The van der Waals surface area contributed by atoms with Crippen molar-refractivity contribution in [3.8, 4) is 67.5 Å². The highest BCUT2D eigenvalue weighted by Crippen LogP contribution is 2.40. The Kier molecular flexibility index (Phi) is 9.50. The maximum absolute atomic E-state index is 5.45. The molecule has 66 heavy (non-hydrogen) atoms. The van der Waals surface area contributed by atoms with E-state index in [0.717, 1.165) is 63.6 Å². The van der Waals surface area contributed by atoms with Gasteiger partial charge in [0, 0.05) is 49.9 Å². The molecule has 1 aliphatic rings. The lowest BCUT2D eigenvalue weighted by molar-refractivity contribution is 0.888. The summed E-state index contributed by atoms with van der Waals surface area (Å²) in [4.78, 5) is 10.9. The number of para-hydroxylation sites is 1. The number of hydrogen-bond donors (Lipinski definition) is 0. The second-order valence-corrected chi connectivity index (χ2v) is 17.9. The molecule has 0 aliphatic heterocycles. The van der Waals surface area contributed by atoms with E-state index in [1.807, 2.05) is 0 Å². The molecule has 0 saturated carbocycles. The first kappa shape index (κ1) is 39.5. The van der Waals surface area contributed by atoms with Gasteiger partial charge in [-0.15, -0.1) is 0 Å². The topological polar surface area (TPSA) is 35.6 Å². The summed E-state index contributed by atoms with van der Waals surface area (Å²) in [7, 11) is 0. The molecule has 1 aliphatic carbocycles. The number of aryl methyl sites for hydroxylation is 4. The number of rotatable bonds is 7. The fourth-order valence-electron chi connectivity index (χ4n) is 10.3. The Morgan fingerprint density at radius 1 is 0.394 bits per heavy atom. The molecule has 0 unspecified atom stereocenters. The Labute approximate surface area is 385 Å². The highest BCUT2D eigenvalue weighted by Gasteiger charge is 2.21. The van der Waals surface area contributed by atoms with Crippen molar-refractivity contribution in [2.24, 2.45) is 0 Å². The minimum absolute atomic E-state index is 0.907. The maximum atomic E-state index is 5.45. The quantitative estimate of drug-likeness (QED) is 0.160. The van der Waals surface area contributed by atoms with Crippen molar-refractivity contribution in [3.63, 3.8) is 0 Å². The minimum Gasteiger partial charge on any atom is -0.313 e. The van der Waals surface area contributed by atoms with Crippen molar-refractivity contribution >= 4 is 38.8 Å². The predicted molar refractivity (Wildman–Crippen MR) is 277 cm³/mol. The van der Waals surface area contributed by atoms with Gasteiger partial charge in [-0.2, -0.15) is 0 Å². The normalized spacial score (nSPS) is 12.4. The molecule has 4 nitrogen and oxygen atoms in total. The third-order valence-electron chi connectivity index (χ3n) is 13.7. The van der Waals surface area contributed by atoms with Gasteiger partial charge in [-0.3, -0.25) is 0 Å². The highest BCUT2D eigenvalue weighted by molar-refractivity contribution is 6.10. The zero-order valence-corrected chi connectivity index (χ0v) is 37.7. The molecule has 7 aromatic carbocycles. The smallest absolute Gasteiger partial charge is 0.0925 e. The average molecular weight is 849 g/mol. The lowest BCUT2D eigenvalue weighted by Gasteiger charge is -2.17. The number of benzene rings is 7. The van der Waals surface area contributed by atoms with Gasteiger partial charge in [-0.1, -0.05) is 127 Å². The third-order valence-corrected chi connectivity index (χ3v) is 13.7. The molecule has 4 heterocycles. The fraction of sp³-hybridized carbons (Fsp3) is 0.0968. The number of aromatic nitrogens is 4. The van der Waals surface area contributed by atoms with E-state index in [1.54, 1.807) is 0 Å². The molecule has 4 heteroatoms. The van der Waals surface area contributed by atoms with Gasteiger partial charge < -0.3 is 9.13 Å². The van der Waals surface area contributed by atoms with Crippen LogP contribution in [0.2, 0.25) is 0 Å². The molecular formula is C62H48N4. The number of nitrogens with zero attached hydrogens (tertiary/aromatic N) is 4. The molecule has 0 N–H and O–H groups in total. The molecule has 0 saturated heterocycles. The summed E-state index contributed by atoms with van der Waals surface area (Å²) in [6.07, 6.45) is 6.69. The van der Waals surface area contributed by atoms with Gasteiger partial charge in [-0.05, 0) is 152 Å². The summed E-state index contributed by atoms with van der Waals surface area (Å²) in [5, 5.41) is 3.77. The van der Waals surface area contributed by atoms with E-state index in [9.17, 15) is 0 Å². The van der Waals surface area contributed by atoms with Crippen LogP contribution in [-0.4, -0.2) is 19.1 Å². The predicted octanol–water partition coefficient (Wildman–Crippen LogP) is 16.0. The van der Waals surface area contributed by atoms with Crippen molar-refractivity contribution in [2.45, 2.75) is 40.5 Å². The lowest BCUT2D eigenvalue weighted by atomic mass is 9.99. The first-order valence-corrected chi connectivity index (χ1v) is 23.0. The monoisotopic (exact) mass is 848 g/mol. The Bertz CT molecular complexity index is 3740. The van der Waals surface area contributed by atoms with Crippen molar-refractivity contribution in [1.29, 1.82) is 0 Å². The van der Waals surface area contributed by atoms with Gasteiger partial charge in [0.25, 0.3) is 0 Å². The van der Waals surface area contributed by atoms with Crippen LogP contribution in [0.5, 0.6) is 0 Å². The van der Waals surface area contributed by atoms with E-state index >= 15 is 0 Å². The van der Waals surface area contributed by atoms with Crippen LogP contribution in [0.4, 0.5) is 0 Å². The molecule has 0 radical (unpaired) electrons. The Balaban J connectivity index is 0.910. The number of allylic oxidation sites excluding steroid dienone is 1. The number of pyridine rings is 2. The molecule has 316 valence electrons. The van der Waals surface area contributed by atoms with E-state index in [2.05, 4.69) is 231 Å². The van der Waals surface area contributed by atoms with Crippen LogP contribution in [0.3, 0.4) is 0 Å². The van der Waals surface area contributed by atoms with E-state index in [-0.39, 0.29) is 0 Å². The van der Waals surface area contributed by atoms with Gasteiger partial charge in [0.15, 0.2) is 0 Å². The first-order valence-electron chi connectivity index (χ1n) is 23.0. The van der Waals surface area contributed by atoms with Crippen molar-refractivity contribution in [1.82, 2.24) is 19.1 Å². The van der Waals surface area contributed by atoms with Gasteiger partial charge >= 0.3 is 0 Å². The van der Waals surface area contributed by atoms with Crippen molar-refractivity contribution in [3.05, 3.63) is 222 Å². The largest absolute Gasteiger partial charge is 0.313 e. The van der Waals surface area contributed by atoms with Gasteiger partial charge in [0.2, 0.25) is 0 Å². The van der Waals surface area contributed by atoms with Crippen LogP contribution in [0.15, 0.2) is 188 Å². The van der Waals surface area contributed by atoms with E-state index in [4.69, 9.17) is 9.97 Å². The molecule has 11 aromatic rings. The summed E-state index contributed by atoms with van der Waals surface area (Å²) in [6.45, 7) is 8.68. The van der Waals surface area contributed by atoms with E-state index < -0.39 is 0 Å². The molecule has 0 atom stereocenters. The lowest BCUT2D eigenvalue weighted by Crippen LogP contribution is -2.04. The second-order valence-electron chi connectivity index (χ2n) is 17.9. The van der Waals surface area contributed by atoms with E-state index in [0.29, 0.717) is 0 Å². The Morgan fingerprint density at radius 3 is 1.64 bits per heavy atom. The minimum atomic E-state index is 0.907. The van der Waals surface area contributed by atoms with Crippen LogP contribution in [0, 0.1) is 27.7 Å². The molecule has 0 spiro atoms. The van der Waals surface area contributed by atoms with Gasteiger partial charge in [0.1, 0.15) is 0 Å². The molecular weight excluding hydrogens is 801 g/mol. The highest BCUT2D eigenvalue weighted by atomic mass is 15.0. The second kappa shape index (κ2) is 15.9. The van der Waals surface area contributed by atoms with Crippen LogP contribution >= 0.6 is 0 Å². The van der Waals surface area contributed by atoms with Crippen LogP contribution in [0.25, 0.3) is 106 Å². The Hall–Kier alpha value is -8.08. The molecule has 0 fully saturated rings. The summed E-state index contributed by atoms with van der Waals surface area (Å²) < 4.78 is 4.87. The van der Waals surface area contributed by atoms with Crippen molar-refractivity contribution < 1.29 is 0 Å². The Morgan fingerprint density at radius 2 is 0.955 bits per heavy atom. The van der Waals surface area contributed by atoms with Crippen molar-refractivity contribution in [2.75, 3.05) is 0 Å². The number of fused-ring (bicyclic) bond motifs is 6. The van der Waals surface area contributed by atoms with Crippen LogP contribution < -0.4 is 0 Å². The molecule has 12 rings (SSSR count). The summed E-state index contributed by atoms with van der Waals surface area (Å²) in [6, 6.07) is 66.2. The summed E-state index contributed by atoms with van der Waals surface area (Å²) in [5.41, 5.74) is 24.0. The average Bonchev–Trinajstić information content (AvgIpc) is 3.87. The summed E-state index contributed by atoms with van der Waals surface area (Å²) in [5.74, 6) is 0.